The van der Waals surface area contributed by atoms with Crippen molar-refractivity contribution in [1.82, 2.24) is 4.90 Å². The van der Waals surface area contributed by atoms with E-state index in [9.17, 15) is 9.59 Å². The van der Waals surface area contributed by atoms with Crippen LogP contribution in [0, 0.1) is 16.7 Å². The molecule has 2 aromatic rings. The highest BCUT2D eigenvalue weighted by Crippen LogP contribution is 2.67. The Hall–Kier alpha value is -1.44. The second kappa shape index (κ2) is 6.78. The third kappa shape index (κ3) is 2.74. The molecule has 3 fully saturated rings. The van der Waals surface area contributed by atoms with Crippen molar-refractivity contribution in [1.29, 1.82) is 0 Å². The summed E-state index contributed by atoms with van der Waals surface area (Å²) in [5, 5.41) is 0.482. The number of nitrogens with zero attached hydrogens (tertiary/aromatic N) is 1. The first kappa shape index (κ1) is 20.5. The summed E-state index contributed by atoms with van der Waals surface area (Å²) in [6.45, 7) is 6.97. The molecule has 1 aromatic carbocycles. The zero-order chi connectivity index (χ0) is 21.4. The summed E-state index contributed by atoms with van der Waals surface area (Å²) < 4.78 is 7.02. The van der Waals surface area contributed by atoms with Crippen molar-refractivity contribution in [3.05, 3.63) is 49.6 Å². The number of amides is 1. The molecular weight excluding hydrogens is 482 g/mol. The fourth-order valence-corrected chi connectivity index (χ4v) is 7.37. The number of fused-ring (bicyclic) bond motifs is 3. The number of carbonyl (C=O) groups is 1. The predicted octanol–water partition coefficient (Wildman–Crippen LogP) is 5.97. The number of carbonyl (C=O) groups excluding carboxylic acids is 1. The van der Waals surface area contributed by atoms with Gasteiger partial charge in [-0.2, -0.15) is 0 Å². The first-order valence-electron chi connectivity index (χ1n) is 10.1. The van der Waals surface area contributed by atoms with Gasteiger partial charge in [0.25, 0.3) is 5.91 Å². The molecule has 0 N–H and O–H groups in total. The molecule has 0 spiro atoms. The molecule has 3 atom stereocenters. The van der Waals surface area contributed by atoms with E-state index in [1.54, 1.807) is 18.2 Å². The maximum Gasteiger partial charge on any atom is 0.266 e. The highest BCUT2D eigenvalue weighted by atomic mass is 79.9. The lowest BCUT2D eigenvalue weighted by atomic mass is 9.69. The van der Waals surface area contributed by atoms with Crippen molar-refractivity contribution in [2.75, 3.05) is 0 Å². The van der Waals surface area contributed by atoms with E-state index in [4.69, 9.17) is 16.6 Å². The van der Waals surface area contributed by atoms with Crippen LogP contribution in [-0.2, 0) is 4.79 Å². The SMILES string of the molecule is CC1(C)C2CCC1(C)C(N1C(=O)C(=Cc3coc4ccc(Br)cc4c3=O)SC1=S)C2. The normalized spacial score (nSPS) is 31.5. The molecule has 5 rings (SSSR count). The Morgan fingerprint density at radius 1 is 1.30 bits per heavy atom. The maximum atomic E-state index is 13.4. The quantitative estimate of drug-likeness (QED) is 0.373. The van der Waals surface area contributed by atoms with Crippen LogP contribution in [0.2, 0.25) is 0 Å². The van der Waals surface area contributed by atoms with Gasteiger partial charge in [-0.25, -0.2) is 0 Å². The maximum absolute atomic E-state index is 13.4. The van der Waals surface area contributed by atoms with Gasteiger partial charge < -0.3 is 4.42 Å². The largest absolute Gasteiger partial charge is 0.463 e. The van der Waals surface area contributed by atoms with Crippen molar-refractivity contribution in [3.8, 4) is 0 Å². The van der Waals surface area contributed by atoms with E-state index >= 15 is 0 Å². The Balaban J connectivity index is 1.51. The van der Waals surface area contributed by atoms with Gasteiger partial charge in [-0.1, -0.05) is 60.7 Å². The van der Waals surface area contributed by atoms with Gasteiger partial charge in [-0.3, -0.25) is 14.5 Å². The minimum atomic E-state index is -0.157. The van der Waals surface area contributed by atoms with Gasteiger partial charge in [-0.05, 0) is 60.3 Å². The van der Waals surface area contributed by atoms with E-state index in [1.165, 1.54) is 24.4 Å². The second-order valence-corrected chi connectivity index (χ2v) is 11.9. The zero-order valence-electron chi connectivity index (χ0n) is 17.0. The number of halogens is 1. The van der Waals surface area contributed by atoms with Crippen LogP contribution in [0.1, 0.15) is 45.6 Å². The predicted molar refractivity (Wildman–Crippen MR) is 128 cm³/mol. The van der Waals surface area contributed by atoms with Gasteiger partial charge in [-0.15, -0.1) is 0 Å². The number of hydrogen-bond acceptors (Lipinski definition) is 5. The standard InChI is InChI=1S/C23H22BrNO3S2/c1-22(2)13-6-7-23(22,3)18(9-13)25-20(27)17(30-21(25)29)8-12-11-28-16-5-4-14(24)10-15(16)19(12)26/h4-5,8,10-11,13,18H,6-7,9H2,1-3H3. The lowest BCUT2D eigenvalue weighted by molar-refractivity contribution is -0.125. The zero-order valence-corrected chi connectivity index (χ0v) is 20.2. The third-order valence-corrected chi connectivity index (χ3v) is 9.75. The van der Waals surface area contributed by atoms with Gasteiger partial charge in [0.05, 0.1) is 15.9 Å². The summed E-state index contributed by atoms with van der Waals surface area (Å²) in [6, 6.07) is 5.44. The summed E-state index contributed by atoms with van der Waals surface area (Å²) in [4.78, 5) is 28.6. The molecule has 2 bridgehead atoms. The van der Waals surface area contributed by atoms with Crippen LogP contribution in [0.4, 0.5) is 0 Å². The van der Waals surface area contributed by atoms with Gasteiger partial charge >= 0.3 is 0 Å². The molecular formula is C23H22BrNO3S2. The van der Waals surface area contributed by atoms with Gasteiger partial charge in [0.15, 0.2) is 5.43 Å². The molecule has 2 heterocycles. The number of hydrogen-bond donors (Lipinski definition) is 0. The Morgan fingerprint density at radius 2 is 2.07 bits per heavy atom. The van der Waals surface area contributed by atoms with Crippen LogP contribution >= 0.6 is 39.9 Å². The smallest absolute Gasteiger partial charge is 0.266 e. The van der Waals surface area contributed by atoms with E-state index < -0.39 is 0 Å². The summed E-state index contributed by atoms with van der Waals surface area (Å²) in [5.74, 6) is 0.528. The average molecular weight is 504 g/mol. The molecule has 1 aliphatic heterocycles. The summed E-state index contributed by atoms with van der Waals surface area (Å²) >= 11 is 10.3. The highest BCUT2D eigenvalue weighted by molar-refractivity contribution is 9.10. The van der Waals surface area contributed by atoms with Crippen LogP contribution in [0.3, 0.4) is 0 Å². The van der Waals surface area contributed by atoms with Crippen LogP contribution in [0.15, 0.2) is 43.1 Å². The fraction of sp³-hybridized carbons (Fsp3) is 0.435. The molecule has 2 saturated carbocycles. The van der Waals surface area contributed by atoms with Crippen LogP contribution < -0.4 is 5.43 Å². The lowest BCUT2D eigenvalue weighted by Gasteiger charge is -2.42. The van der Waals surface area contributed by atoms with Gasteiger partial charge in [0, 0.05) is 10.5 Å². The molecule has 30 heavy (non-hydrogen) atoms. The minimum absolute atomic E-state index is 0.0572. The summed E-state index contributed by atoms with van der Waals surface area (Å²) in [6.07, 6.45) is 6.39. The number of thioether (sulfide) groups is 1. The Bertz CT molecular complexity index is 1200. The molecule has 3 aliphatic rings. The van der Waals surface area contributed by atoms with Gasteiger partial charge in [0.2, 0.25) is 0 Å². The van der Waals surface area contributed by atoms with E-state index in [0.717, 1.165) is 17.3 Å². The van der Waals surface area contributed by atoms with Crippen LogP contribution in [0.25, 0.3) is 17.0 Å². The first-order valence-corrected chi connectivity index (χ1v) is 12.1. The number of benzene rings is 1. The van der Waals surface area contributed by atoms with Crippen molar-refractivity contribution < 1.29 is 9.21 Å². The molecule has 7 heteroatoms. The Labute approximate surface area is 193 Å². The van der Waals surface area contributed by atoms with Crippen molar-refractivity contribution >= 4 is 67.2 Å². The minimum Gasteiger partial charge on any atom is -0.463 e. The fourth-order valence-electron chi connectivity index (χ4n) is 5.66. The molecule has 156 valence electrons. The molecule has 0 radical (unpaired) electrons. The van der Waals surface area contributed by atoms with E-state index in [2.05, 4.69) is 36.7 Å². The number of thiocarbonyl (C=S) groups is 1. The molecule has 4 nitrogen and oxygen atoms in total. The molecule has 1 amide bonds. The lowest BCUT2D eigenvalue weighted by Crippen LogP contribution is -2.49. The Morgan fingerprint density at radius 3 is 2.73 bits per heavy atom. The van der Waals surface area contributed by atoms with Crippen molar-refractivity contribution in [2.45, 2.75) is 46.1 Å². The number of rotatable bonds is 2. The second-order valence-electron chi connectivity index (χ2n) is 9.34. The van der Waals surface area contributed by atoms with Crippen LogP contribution in [0.5, 0.6) is 0 Å². The van der Waals surface area contributed by atoms with Crippen molar-refractivity contribution in [3.63, 3.8) is 0 Å². The molecule has 1 aromatic heterocycles. The van der Waals surface area contributed by atoms with E-state index in [0.29, 0.717) is 31.7 Å². The van der Waals surface area contributed by atoms with E-state index in [-0.39, 0.29) is 28.2 Å². The molecule has 3 unspecified atom stereocenters. The topological polar surface area (TPSA) is 50.5 Å². The monoisotopic (exact) mass is 503 g/mol. The summed E-state index contributed by atoms with van der Waals surface area (Å²) in [5.41, 5.74) is 0.973. The van der Waals surface area contributed by atoms with Gasteiger partial charge in [0.1, 0.15) is 16.2 Å². The summed E-state index contributed by atoms with van der Waals surface area (Å²) in [7, 11) is 0. The third-order valence-electron chi connectivity index (χ3n) is 7.93. The van der Waals surface area contributed by atoms with E-state index in [1.807, 2.05) is 11.0 Å². The van der Waals surface area contributed by atoms with Crippen molar-refractivity contribution in [2.24, 2.45) is 16.7 Å². The first-order chi connectivity index (χ1) is 14.1. The highest BCUT2D eigenvalue weighted by Gasteiger charge is 2.64. The Kier molecular flexibility index (Phi) is 4.62. The molecule has 1 saturated heterocycles. The average Bonchev–Trinajstić information content (AvgIpc) is 3.17. The molecule has 2 aliphatic carbocycles. The van der Waals surface area contributed by atoms with Crippen LogP contribution in [-0.4, -0.2) is 21.2 Å².